The predicted molar refractivity (Wildman–Crippen MR) is 91.6 cm³/mol. The minimum absolute atomic E-state index is 0.0890. The number of hydrogen-bond donors (Lipinski definition) is 1. The highest BCUT2D eigenvalue weighted by Crippen LogP contribution is 2.25. The Labute approximate surface area is 126 Å². The van der Waals surface area contributed by atoms with Gasteiger partial charge in [0.25, 0.3) is 0 Å². The van der Waals surface area contributed by atoms with Crippen LogP contribution in [0.3, 0.4) is 0 Å². The van der Waals surface area contributed by atoms with Crippen molar-refractivity contribution in [1.82, 2.24) is 5.32 Å². The van der Waals surface area contributed by atoms with E-state index in [1.54, 1.807) is 0 Å². The Bertz CT molecular complexity index is 281. The summed E-state index contributed by atoms with van der Waals surface area (Å²) in [5.74, 6) is 3.18. The fourth-order valence-electron chi connectivity index (χ4n) is 2.36. The average molecular weight is 286 g/mol. The summed E-state index contributed by atoms with van der Waals surface area (Å²) in [4.78, 5) is 1.03. The van der Waals surface area contributed by atoms with E-state index < -0.39 is 0 Å². The van der Waals surface area contributed by atoms with Gasteiger partial charge in [-0.1, -0.05) is 60.7 Å². The molecule has 0 saturated carbocycles. The first-order chi connectivity index (χ1) is 8.48. The number of nitrogens with one attached hydrogen (secondary N) is 1. The van der Waals surface area contributed by atoms with Gasteiger partial charge in [0.15, 0.2) is 0 Å². The fourth-order valence-corrected chi connectivity index (χ4v) is 2.85. The summed E-state index contributed by atoms with van der Waals surface area (Å²) in [6.07, 6.45) is 1.16. The van der Waals surface area contributed by atoms with Gasteiger partial charge in [-0.15, -0.1) is 0 Å². The standard InChI is InChI=1S/C17H35NS/c1-11(2)13(5)10-17(8,9)18-16(19)15(7)14(6)12(3)4/h11-15H,10H2,1-9H3,(H,18,19). The van der Waals surface area contributed by atoms with Gasteiger partial charge < -0.3 is 5.32 Å². The molecule has 0 bridgehead atoms. The summed E-state index contributed by atoms with van der Waals surface area (Å²) in [7, 11) is 0. The molecule has 0 aromatic rings. The summed E-state index contributed by atoms with van der Waals surface area (Å²) in [5.41, 5.74) is 0.0890. The summed E-state index contributed by atoms with van der Waals surface area (Å²) < 4.78 is 0. The first-order valence-electron chi connectivity index (χ1n) is 7.80. The largest absolute Gasteiger partial charge is 0.375 e. The fraction of sp³-hybridized carbons (Fsp3) is 0.941. The summed E-state index contributed by atoms with van der Waals surface area (Å²) in [5, 5.41) is 3.61. The third-order valence-electron chi connectivity index (χ3n) is 4.69. The molecule has 0 aliphatic carbocycles. The van der Waals surface area contributed by atoms with Gasteiger partial charge in [-0.3, -0.25) is 0 Å². The SMILES string of the molecule is CC(C)C(C)CC(C)(C)NC(=S)C(C)C(C)C(C)C. The van der Waals surface area contributed by atoms with Gasteiger partial charge in [0.2, 0.25) is 0 Å². The second kappa shape index (κ2) is 7.61. The Morgan fingerprint density at radius 1 is 0.947 bits per heavy atom. The van der Waals surface area contributed by atoms with E-state index in [1.807, 2.05) is 0 Å². The first-order valence-corrected chi connectivity index (χ1v) is 8.20. The highest BCUT2D eigenvalue weighted by atomic mass is 32.1. The van der Waals surface area contributed by atoms with E-state index in [1.165, 1.54) is 0 Å². The highest BCUT2D eigenvalue weighted by Gasteiger charge is 2.27. The summed E-state index contributed by atoms with van der Waals surface area (Å²) >= 11 is 5.63. The van der Waals surface area contributed by atoms with Crippen LogP contribution in [0.15, 0.2) is 0 Å². The maximum atomic E-state index is 5.63. The van der Waals surface area contributed by atoms with E-state index in [4.69, 9.17) is 12.2 Å². The molecule has 0 amide bonds. The molecule has 0 heterocycles. The van der Waals surface area contributed by atoms with Gasteiger partial charge in [-0.05, 0) is 43.9 Å². The van der Waals surface area contributed by atoms with Crippen LogP contribution in [0.5, 0.6) is 0 Å². The molecule has 1 N–H and O–H groups in total. The first kappa shape index (κ1) is 18.9. The molecule has 0 aromatic heterocycles. The monoisotopic (exact) mass is 285 g/mol. The van der Waals surface area contributed by atoms with E-state index in [-0.39, 0.29) is 5.54 Å². The molecule has 0 rings (SSSR count). The minimum Gasteiger partial charge on any atom is -0.375 e. The molecule has 0 saturated heterocycles. The Kier molecular flexibility index (Phi) is 7.57. The zero-order valence-corrected chi connectivity index (χ0v) is 15.3. The predicted octanol–water partition coefficient (Wildman–Crippen LogP) is 5.29. The molecule has 0 aromatic carbocycles. The van der Waals surface area contributed by atoms with Crippen molar-refractivity contribution in [1.29, 1.82) is 0 Å². The summed E-state index contributed by atoms with van der Waals surface area (Å²) in [6.45, 7) is 20.6. The molecule has 0 spiro atoms. The van der Waals surface area contributed by atoms with Crippen LogP contribution in [0.4, 0.5) is 0 Å². The normalized spacial score (nSPS) is 17.4. The number of thiocarbonyl (C=S) groups is 1. The highest BCUT2D eigenvalue weighted by molar-refractivity contribution is 7.80. The third-order valence-corrected chi connectivity index (χ3v) is 5.16. The smallest absolute Gasteiger partial charge is 0.0788 e. The van der Waals surface area contributed by atoms with Crippen LogP contribution in [-0.4, -0.2) is 10.5 Å². The quantitative estimate of drug-likeness (QED) is 0.638. The minimum atomic E-state index is 0.0890. The molecule has 1 nitrogen and oxygen atoms in total. The van der Waals surface area contributed by atoms with Crippen molar-refractivity contribution < 1.29 is 0 Å². The lowest BCUT2D eigenvalue weighted by molar-refractivity contribution is 0.284. The van der Waals surface area contributed by atoms with Crippen molar-refractivity contribution >= 4 is 17.2 Å². The van der Waals surface area contributed by atoms with Crippen molar-refractivity contribution in [3.8, 4) is 0 Å². The average Bonchev–Trinajstić information content (AvgIpc) is 2.25. The molecular formula is C17H35NS. The van der Waals surface area contributed by atoms with Crippen LogP contribution >= 0.6 is 12.2 Å². The molecule has 2 heteroatoms. The molecule has 3 atom stereocenters. The third kappa shape index (κ3) is 6.74. The van der Waals surface area contributed by atoms with Gasteiger partial charge in [-0.2, -0.15) is 0 Å². The van der Waals surface area contributed by atoms with Crippen molar-refractivity contribution in [3.63, 3.8) is 0 Å². The van der Waals surface area contributed by atoms with Crippen molar-refractivity contribution in [2.45, 2.75) is 74.3 Å². The lowest BCUT2D eigenvalue weighted by Crippen LogP contribution is -2.47. The van der Waals surface area contributed by atoms with Crippen LogP contribution in [0.25, 0.3) is 0 Å². The Hall–Kier alpha value is -0.110. The molecule has 0 aliphatic heterocycles. The maximum Gasteiger partial charge on any atom is 0.0788 e. The molecule has 3 unspecified atom stereocenters. The van der Waals surface area contributed by atoms with E-state index in [9.17, 15) is 0 Å². The zero-order chi connectivity index (χ0) is 15.4. The van der Waals surface area contributed by atoms with Crippen molar-refractivity contribution in [3.05, 3.63) is 0 Å². The van der Waals surface area contributed by atoms with Gasteiger partial charge in [0.05, 0.1) is 4.99 Å². The van der Waals surface area contributed by atoms with Gasteiger partial charge in [-0.25, -0.2) is 0 Å². The number of rotatable bonds is 7. The summed E-state index contributed by atoms with van der Waals surface area (Å²) in [6, 6.07) is 0. The van der Waals surface area contributed by atoms with E-state index >= 15 is 0 Å². The van der Waals surface area contributed by atoms with E-state index in [0.29, 0.717) is 23.7 Å². The Balaban J connectivity index is 4.53. The van der Waals surface area contributed by atoms with Crippen LogP contribution in [-0.2, 0) is 0 Å². The van der Waals surface area contributed by atoms with Crippen LogP contribution in [0.2, 0.25) is 0 Å². The topological polar surface area (TPSA) is 12.0 Å². The molecule has 0 fully saturated rings. The molecule has 19 heavy (non-hydrogen) atoms. The van der Waals surface area contributed by atoms with E-state index in [2.05, 4.69) is 67.6 Å². The van der Waals surface area contributed by atoms with Crippen LogP contribution in [0.1, 0.15) is 68.7 Å². The molecular weight excluding hydrogens is 250 g/mol. The Morgan fingerprint density at radius 2 is 1.42 bits per heavy atom. The number of hydrogen-bond acceptors (Lipinski definition) is 1. The van der Waals surface area contributed by atoms with Crippen LogP contribution in [0, 0.1) is 29.6 Å². The van der Waals surface area contributed by atoms with E-state index in [0.717, 1.165) is 17.3 Å². The molecule has 0 aliphatic rings. The molecule has 0 radical (unpaired) electrons. The second-order valence-corrected chi connectivity index (χ2v) is 8.13. The van der Waals surface area contributed by atoms with Gasteiger partial charge in [0, 0.05) is 11.5 Å². The molecule has 114 valence electrons. The van der Waals surface area contributed by atoms with Crippen LogP contribution < -0.4 is 5.32 Å². The second-order valence-electron chi connectivity index (χ2n) is 7.69. The lowest BCUT2D eigenvalue weighted by Gasteiger charge is -2.35. The zero-order valence-electron chi connectivity index (χ0n) is 14.5. The van der Waals surface area contributed by atoms with Gasteiger partial charge in [0.1, 0.15) is 0 Å². The Morgan fingerprint density at radius 3 is 1.79 bits per heavy atom. The maximum absolute atomic E-state index is 5.63. The van der Waals surface area contributed by atoms with Gasteiger partial charge >= 0.3 is 0 Å². The van der Waals surface area contributed by atoms with Crippen molar-refractivity contribution in [2.24, 2.45) is 29.6 Å². The lowest BCUT2D eigenvalue weighted by atomic mass is 9.83. The van der Waals surface area contributed by atoms with Crippen molar-refractivity contribution in [2.75, 3.05) is 0 Å².